The first-order chi connectivity index (χ1) is 11.9. The topological polar surface area (TPSA) is 77.6 Å². The lowest BCUT2D eigenvalue weighted by Gasteiger charge is -2.21. The number of ketones is 1. The smallest absolute Gasteiger partial charge is 0.355 e. The van der Waals surface area contributed by atoms with Gasteiger partial charge in [-0.1, -0.05) is 11.6 Å². The van der Waals surface area contributed by atoms with Gasteiger partial charge in [0.05, 0.1) is 6.61 Å². The highest BCUT2D eigenvalue weighted by Gasteiger charge is 2.22. The third kappa shape index (κ3) is 3.41. The molecule has 1 aliphatic rings. The first-order valence-electron chi connectivity index (χ1n) is 7.77. The van der Waals surface area contributed by atoms with Gasteiger partial charge in [-0.25, -0.2) is 4.79 Å². The number of esters is 1. The molecule has 0 saturated heterocycles. The monoisotopic (exact) mass is 363 g/mol. The molecule has 0 aliphatic carbocycles. The van der Waals surface area contributed by atoms with E-state index in [1.807, 2.05) is 0 Å². The standard InChI is InChI=1S/C18H18ClNO5/c1-9-15(11(3)21)10(2)20-16(9)18(22)24-7-13-5-14(19)4-12-6-23-8-25-17(12)13/h4-5,20H,6-8H2,1-3H3. The minimum atomic E-state index is -0.533. The van der Waals surface area contributed by atoms with Gasteiger partial charge in [0, 0.05) is 27.4 Å². The maximum absolute atomic E-state index is 12.4. The number of Topliss-reactive ketones (excluding diaryl/α,β-unsaturated/α-hetero) is 1. The molecular formula is C18H18ClNO5. The van der Waals surface area contributed by atoms with Crippen LogP contribution in [0.25, 0.3) is 0 Å². The van der Waals surface area contributed by atoms with E-state index in [4.69, 9.17) is 25.8 Å². The first kappa shape index (κ1) is 17.5. The van der Waals surface area contributed by atoms with Crippen molar-refractivity contribution in [3.8, 4) is 5.75 Å². The molecule has 2 heterocycles. The molecule has 0 fully saturated rings. The van der Waals surface area contributed by atoms with Gasteiger partial charge in [0.1, 0.15) is 18.1 Å². The fraction of sp³-hybridized carbons (Fsp3) is 0.333. The van der Waals surface area contributed by atoms with E-state index in [2.05, 4.69) is 4.98 Å². The van der Waals surface area contributed by atoms with E-state index in [9.17, 15) is 9.59 Å². The molecule has 1 aliphatic heterocycles. The van der Waals surface area contributed by atoms with Crippen LogP contribution in [-0.2, 0) is 22.7 Å². The van der Waals surface area contributed by atoms with E-state index in [1.54, 1.807) is 26.0 Å². The van der Waals surface area contributed by atoms with Crippen LogP contribution < -0.4 is 4.74 Å². The predicted molar refractivity (Wildman–Crippen MR) is 91.1 cm³/mol. The van der Waals surface area contributed by atoms with Crippen molar-refractivity contribution >= 4 is 23.4 Å². The van der Waals surface area contributed by atoms with Crippen molar-refractivity contribution in [1.29, 1.82) is 0 Å². The van der Waals surface area contributed by atoms with Gasteiger partial charge in [0.25, 0.3) is 0 Å². The molecule has 1 aromatic carbocycles. The number of carbonyl (C=O) groups is 2. The summed E-state index contributed by atoms with van der Waals surface area (Å²) in [5.74, 6) is 0.00348. The highest BCUT2D eigenvalue weighted by atomic mass is 35.5. The summed E-state index contributed by atoms with van der Waals surface area (Å²) >= 11 is 6.10. The van der Waals surface area contributed by atoms with Crippen molar-refractivity contribution in [3.63, 3.8) is 0 Å². The molecule has 0 amide bonds. The molecule has 0 atom stereocenters. The third-order valence-electron chi connectivity index (χ3n) is 4.10. The Balaban J connectivity index is 1.81. The lowest BCUT2D eigenvalue weighted by Crippen LogP contribution is -2.14. The van der Waals surface area contributed by atoms with Crippen LogP contribution in [0.15, 0.2) is 12.1 Å². The van der Waals surface area contributed by atoms with E-state index < -0.39 is 5.97 Å². The number of nitrogens with one attached hydrogen (secondary N) is 1. The zero-order valence-electron chi connectivity index (χ0n) is 14.2. The minimum absolute atomic E-state index is 0.00857. The molecule has 0 unspecified atom stereocenters. The Morgan fingerprint density at radius 3 is 2.76 bits per heavy atom. The summed E-state index contributed by atoms with van der Waals surface area (Å²) in [5.41, 5.74) is 3.53. The number of hydrogen-bond acceptors (Lipinski definition) is 5. The molecule has 7 heteroatoms. The molecule has 2 aromatic rings. The molecule has 6 nitrogen and oxygen atoms in total. The second kappa shape index (κ2) is 6.90. The van der Waals surface area contributed by atoms with Crippen molar-refractivity contribution in [2.75, 3.05) is 6.79 Å². The van der Waals surface area contributed by atoms with Crippen molar-refractivity contribution in [2.24, 2.45) is 0 Å². The first-order valence-corrected chi connectivity index (χ1v) is 8.15. The Labute approximate surface area is 150 Å². The van der Waals surface area contributed by atoms with Gasteiger partial charge in [0.2, 0.25) is 0 Å². The van der Waals surface area contributed by atoms with Gasteiger partial charge in [-0.05, 0) is 38.5 Å². The number of carbonyl (C=O) groups excluding carboxylic acids is 2. The lowest BCUT2D eigenvalue weighted by atomic mass is 10.1. The van der Waals surface area contributed by atoms with Gasteiger partial charge >= 0.3 is 5.97 Å². The summed E-state index contributed by atoms with van der Waals surface area (Å²) < 4.78 is 16.1. The normalized spacial score (nSPS) is 13.1. The van der Waals surface area contributed by atoms with E-state index in [0.717, 1.165) is 5.56 Å². The molecule has 0 bridgehead atoms. The number of rotatable bonds is 4. The van der Waals surface area contributed by atoms with Crippen LogP contribution in [0.1, 0.15) is 50.2 Å². The molecule has 0 saturated carbocycles. The summed E-state index contributed by atoms with van der Waals surface area (Å²) in [5, 5.41) is 0.518. The summed E-state index contributed by atoms with van der Waals surface area (Å²) in [6.07, 6.45) is 0. The van der Waals surface area contributed by atoms with Crippen LogP contribution >= 0.6 is 11.6 Å². The third-order valence-corrected chi connectivity index (χ3v) is 4.32. The molecule has 1 N–H and O–H groups in total. The Hall–Kier alpha value is -2.31. The van der Waals surface area contributed by atoms with E-state index in [0.29, 0.717) is 39.8 Å². The molecule has 25 heavy (non-hydrogen) atoms. The Kier molecular flexibility index (Phi) is 4.83. The highest BCUT2D eigenvalue weighted by Crippen LogP contribution is 2.32. The van der Waals surface area contributed by atoms with E-state index in [1.165, 1.54) is 6.92 Å². The van der Waals surface area contributed by atoms with Crippen molar-refractivity contribution in [1.82, 2.24) is 4.98 Å². The Morgan fingerprint density at radius 2 is 2.08 bits per heavy atom. The molecule has 0 radical (unpaired) electrons. The van der Waals surface area contributed by atoms with Crippen LogP contribution in [0.2, 0.25) is 5.02 Å². The minimum Gasteiger partial charge on any atom is -0.467 e. The molecule has 132 valence electrons. The Morgan fingerprint density at radius 1 is 1.32 bits per heavy atom. The number of aromatic nitrogens is 1. The lowest BCUT2D eigenvalue weighted by molar-refractivity contribution is -0.0180. The molecular weight excluding hydrogens is 346 g/mol. The van der Waals surface area contributed by atoms with Gasteiger partial charge in [-0.15, -0.1) is 0 Å². The maximum atomic E-state index is 12.4. The summed E-state index contributed by atoms with van der Waals surface area (Å²) in [6, 6.07) is 3.46. The van der Waals surface area contributed by atoms with Crippen molar-refractivity contribution in [3.05, 3.63) is 50.8 Å². The number of ether oxygens (including phenoxy) is 3. The highest BCUT2D eigenvalue weighted by molar-refractivity contribution is 6.30. The number of hydrogen-bond donors (Lipinski definition) is 1. The average Bonchev–Trinajstić information content (AvgIpc) is 2.86. The summed E-state index contributed by atoms with van der Waals surface area (Å²) in [6.45, 7) is 5.49. The number of aromatic amines is 1. The van der Waals surface area contributed by atoms with Gasteiger partial charge in [-0.2, -0.15) is 0 Å². The predicted octanol–water partition coefficient (Wildman–Crippen LogP) is 3.71. The number of halogens is 1. The second-order valence-electron chi connectivity index (χ2n) is 5.92. The maximum Gasteiger partial charge on any atom is 0.355 e. The average molecular weight is 364 g/mol. The quantitative estimate of drug-likeness (QED) is 0.661. The Bertz CT molecular complexity index is 856. The van der Waals surface area contributed by atoms with Crippen LogP contribution in [0.3, 0.4) is 0 Å². The molecule has 3 rings (SSSR count). The fourth-order valence-electron chi connectivity index (χ4n) is 3.06. The number of benzene rings is 1. The van der Waals surface area contributed by atoms with Crippen LogP contribution in [-0.4, -0.2) is 23.5 Å². The summed E-state index contributed by atoms with van der Waals surface area (Å²) in [4.78, 5) is 27.0. The van der Waals surface area contributed by atoms with Crippen LogP contribution in [0, 0.1) is 13.8 Å². The fourth-order valence-corrected chi connectivity index (χ4v) is 3.33. The van der Waals surface area contributed by atoms with Crippen molar-refractivity contribution in [2.45, 2.75) is 34.0 Å². The zero-order chi connectivity index (χ0) is 18.1. The summed E-state index contributed by atoms with van der Waals surface area (Å²) in [7, 11) is 0. The van der Waals surface area contributed by atoms with Crippen LogP contribution in [0.4, 0.5) is 0 Å². The molecule has 0 spiro atoms. The van der Waals surface area contributed by atoms with Crippen molar-refractivity contribution < 1.29 is 23.8 Å². The van der Waals surface area contributed by atoms with Gasteiger partial charge in [-0.3, -0.25) is 4.79 Å². The van der Waals surface area contributed by atoms with E-state index >= 15 is 0 Å². The van der Waals surface area contributed by atoms with Crippen LogP contribution in [0.5, 0.6) is 5.75 Å². The SMILES string of the molecule is CC(=O)c1c(C)[nH]c(C(=O)OCc2cc(Cl)cc3c2OCOC3)c1C. The van der Waals surface area contributed by atoms with Gasteiger partial charge < -0.3 is 19.2 Å². The van der Waals surface area contributed by atoms with E-state index in [-0.39, 0.29) is 24.9 Å². The zero-order valence-corrected chi connectivity index (χ0v) is 15.0. The largest absolute Gasteiger partial charge is 0.467 e. The second-order valence-corrected chi connectivity index (χ2v) is 6.36. The van der Waals surface area contributed by atoms with Gasteiger partial charge in [0.15, 0.2) is 12.6 Å². The number of H-pyrrole nitrogens is 1. The molecule has 1 aromatic heterocycles. The number of fused-ring (bicyclic) bond motifs is 1. The number of aryl methyl sites for hydroxylation is 1.